The number of hydrogen-bond donors (Lipinski definition) is 1. The molecule has 0 saturated carbocycles. The van der Waals surface area contributed by atoms with Crippen molar-refractivity contribution in [3.63, 3.8) is 0 Å². The van der Waals surface area contributed by atoms with Crippen LogP contribution in [0.4, 0.5) is 0 Å². The van der Waals surface area contributed by atoms with Gasteiger partial charge in [-0.05, 0) is 31.0 Å². The van der Waals surface area contributed by atoms with Gasteiger partial charge in [-0.1, -0.05) is 20.8 Å². The summed E-state index contributed by atoms with van der Waals surface area (Å²) < 4.78 is 11.1. The Morgan fingerprint density at radius 3 is 2.70 bits per heavy atom. The zero-order chi connectivity index (χ0) is 14.8. The first-order valence-corrected chi connectivity index (χ1v) is 7.65. The molecule has 0 amide bonds. The summed E-state index contributed by atoms with van der Waals surface area (Å²) >= 11 is 0. The van der Waals surface area contributed by atoms with Crippen molar-refractivity contribution in [2.24, 2.45) is 5.92 Å². The van der Waals surface area contributed by atoms with Gasteiger partial charge >= 0.3 is 0 Å². The minimum Gasteiger partial charge on any atom is -0.463 e. The molecule has 0 fully saturated rings. The van der Waals surface area contributed by atoms with Gasteiger partial charge in [-0.25, -0.2) is 0 Å². The zero-order valence-corrected chi connectivity index (χ0v) is 13.4. The van der Waals surface area contributed by atoms with Gasteiger partial charge in [0.2, 0.25) is 0 Å². The highest BCUT2D eigenvalue weighted by Crippen LogP contribution is 2.12. The van der Waals surface area contributed by atoms with Crippen LogP contribution in [0.25, 0.3) is 0 Å². The molecule has 0 aliphatic heterocycles. The van der Waals surface area contributed by atoms with Crippen LogP contribution >= 0.6 is 0 Å². The van der Waals surface area contributed by atoms with E-state index in [-0.39, 0.29) is 0 Å². The van der Waals surface area contributed by atoms with E-state index in [4.69, 9.17) is 9.15 Å². The van der Waals surface area contributed by atoms with Gasteiger partial charge in [0.1, 0.15) is 11.5 Å². The van der Waals surface area contributed by atoms with Crippen molar-refractivity contribution in [3.05, 3.63) is 23.7 Å². The van der Waals surface area contributed by atoms with Crippen LogP contribution in [-0.4, -0.2) is 38.3 Å². The van der Waals surface area contributed by atoms with Crippen LogP contribution in [0.15, 0.2) is 16.5 Å². The summed E-state index contributed by atoms with van der Waals surface area (Å²) in [7, 11) is 1.75. The Balaban J connectivity index is 2.46. The quantitative estimate of drug-likeness (QED) is 0.633. The fourth-order valence-electron chi connectivity index (χ4n) is 2.18. The summed E-state index contributed by atoms with van der Waals surface area (Å²) in [6.07, 6.45) is 1.15. The molecule has 20 heavy (non-hydrogen) atoms. The zero-order valence-electron chi connectivity index (χ0n) is 13.4. The Hall–Kier alpha value is -0.840. The predicted molar refractivity (Wildman–Crippen MR) is 82.7 cm³/mol. The van der Waals surface area contributed by atoms with E-state index >= 15 is 0 Å². The molecular weight excluding hydrogens is 252 g/mol. The molecule has 0 atom stereocenters. The number of methoxy groups -OCH3 is 1. The predicted octanol–water partition coefficient (Wildman–Crippen LogP) is 2.88. The lowest BCUT2D eigenvalue weighted by Crippen LogP contribution is -2.30. The van der Waals surface area contributed by atoms with E-state index in [1.54, 1.807) is 7.11 Å². The summed E-state index contributed by atoms with van der Waals surface area (Å²) in [4.78, 5) is 2.39. The number of ether oxygens (including phenoxy) is 1. The molecule has 0 saturated heterocycles. The van der Waals surface area contributed by atoms with Gasteiger partial charge < -0.3 is 14.5 Å². The van der Waals surface area contributed by atoms with Crippen molar-refractivity contribution >= 4 is 0 Å². The Morgan fingerprint density at radius 2 is 2.05 bits per heavy atom. The highest BCUT2D eigenvalue weighted by Gasteiger charge is 2.10. The molecular formula is C16H30N2O2. The number of furan rings is 1. The first-order valence-electron chi connectivity index (χ1n) is 7.65. The van der Waals surface area contributed by atoms with Crippen LogP contribution in [0.2, 0.25) is 0 Å². The largest absolute Gasteiger partial charge is 0.463 e. The molecule has 0 bridgehead atoms. The van der Waals surface area contributed by atoms with Gasteiger partial charge in [-0.3, -0.25) is 4.90 Å². The molecule has 1 aromatic rings. The molecule has 0 spiro atoms. The molecule has 116 valence electrons. The molecule has 4 nitrogen and oxygen atoms in total. The van der Waals surface area contributed by atoms with Gasteiger partial charge in [0.15, 0.2) is 0 Å². The normalized spacial score (nSPS) is 11.7. The minimum absolute atomic E-state index is 0.646. The maximum Gasteiger partial charge on any atom is 0.118 e. The molecule has 0 aliphatic carbocycles. The molecule has 0 radical (unpaired) electrons. The van der Waals surface area contributed by atoms with Crippen molar-refractivity contribution < 1.29 is 9.15 Å². The number of nitrogens with one attached hydrogen (secondary N) is 1. The van der Waals surface area contributed by atoms with Crippen molar-refractivity contribution in [1.29, 1.82) is 0 Å². The van der Waals surface area contributed by atoms with E-state index in [0.717, 1.165) is 57.3 Å². The smallest absolute Gasteiger partial charge is 0.118 e. The van der Waals surface area contributed by atoms with Crippen LogP contribution in [0.5, 0.6) is 0 Å². The van der Waals surface area contributed by atoms with E-state index in [1.807, 2.05) is 0 Å². The molecule has 0 aromatic carbocycles. The maximum absolute atomic E-state index is 5.88. The molecule has 4 heteroatoms. The van der Waals surface area contributed by atoms with Gasteiger partial charge in [-0.15, -0.1) is 0 Å². The number of nitrogens with zero attached hydrogens (tertiary/aromatic N) is 1. The van der Waals surface area contributed by atoms with Crippen LogP contribution in [0.1, 0.15) is 38.7 Å². The SMILES string of the molecule is CCCNCc1ccc(CN(CCOC)CC(C)C)o1. The van der Waals surface area contributed by atoms with Crippen LogP contribution in [-0.2, 0) is 17.8 Å². The van der Waals surface area contributed by atoms with Crippen LogP contribution < -0.4 is 5.32 Å². The van der Waals surface area contributed by atoms with Crippen molar-refractivity contribution in [3.8, 4) is 0 Å². The van der Waals surface area contributed by atoms with E-state index in [0.29, 0.717) is 5.92 Å². The second-order valence-electron chi connectivity index (χ2n) is 5.67. The van der Waals surface area contributed by atoms with Gasteiger partial charge in [0, 0.05) is 20.2 Å². The third kappa shape index (κ3) is 7.08. The topological polar surface area (TPSA) is 37.6 Å². The Labute approximate surface area is 123 Å². The highest BCUT2D eigenvalue weighted by molar-refractivity contribution is 5.07. The Morgan fingerprint density at radius 1 is 1.30 bits per heavy atom. The molecule has 1 rings (SSSR count). The lowest BCUT2D eigenvalue weighted by molar-refractivity contribution is 0.130. The second kappa shape index (κ2) is 9.97. The summed E-state index contributed by atoms with van der Waals surface area (Å²) in [6.45, 7) is 12.1. The molecule has 0 aliphatic rings. The standard InChI is InChI=1S/C16H30N2O2/c1-5-8-17-11-15-6-7-16(20-15)13-18(9-10-19-4)12-14(2)3/h6-7,14,17H,5,8-13H2,1-4H3. The van der Waals surface area contributed by atoms with Gasteiger partial charge in [0.25, 0.3) is 0 Å². The van der Waals surface area contributed by atoms with Crippen molar-refractivity contribution in [2.75, 3.05) is 33.4 Å². The first kappa shape index (κ1) is 17.2. The highest BCUT2D eigenvalue weighted by atomic mass is 16.5. The molecule has 1 aromatic heterocycles. The van der Waals surface area contributed by atoms with Crippen LogP contribution in [0.3, 0.4) is 0 Å². The Kier molecular flexibility index (Phi) is 8.58. The van der Waals surface area contributed by atoms with E-state index in [9.17, 15) is 0 Å². The van der Waals surface area contributed by atoms with E-state index in [2.05, 4.69) is 43.1 Å². The van der Waals surface area contributed by atoms with Crippen LogP contribution in [0, 0.1) is 5.92 Å². The number of rotatable bonds is 11. The lowest BCUT2D eigenvalue weighted by atomic mass is 10.2. The van der Waals surface area contributed by atoms with Crippen molar-refractivity contribution in [1.82, 2.24) is 10.2 Å². The summed E-state index contributed by atoms with van der Waals surface area (Å²) in [5.74, 6) is 2.70. The monoisotopic (exact) mass is 282 g/mol. The summed E-state index contributed by atoms with van der Waals surface area (Å²) in [6, 6.07) is 4.16. The summed E-state index contributed by atoms with van der Waals surface area (Å²) in [5.41, 5.74) is 0. The van der Waals surface area contributed by atoms with E-state index < -0.39 is 0 Å². The average Bonchev–Trinajstić information content (AvgIpc) is 2.83. The van der Waals surface area contributed by atoms with E-state index in [1.165, 1.54) is 0 Å². The minimum atomic E-state index is 0.646. The second-order valence-corrected chi connectivity index (χ2v) is 5.67. The third-order valence-corrected chi connectivity index (χ3v) is 3.06. The fraction of sp³-hybridized carbons (Fsp3) is 0.750. The number of hydrogen-bond acceptors (Lipinski definition) is 4. The Bertz CT molecular complexity index is 350. The third-order valence-electron chi connectivity index (χ3n) is 3.06. The summed E-state index contributed by atoms with van der Waals surface area (Å²) in [5, 5.41) is 3.36. The fourth-order valence-corrected chi connectivity index (χ4v) is 2.18. The lowest BCUT2D eigenvalue weighted by Gasteiger charge is -2.22. The first-order chi connectivity index (χ1) is 9.65. The molecule has 1 N–H and O–H groups in total. The average molecular weight is 282 g/mol. The van der Waals surface area contributed by atoms with Gasteiger partial charge in [0.05, 0.1) is 19.7 Å². The molecule has 1 heterocycles. The maximum atomic E-state index is 5.88. The van der Waals surface area contributed by atoms with Gasteiger partial charge in [-0.2, -0.15) is 0 Å². The molecule has 0 unspecified atom stereocenters. The van der Waals surface area contributed by atoms with Crippen molar-refractivity contribution in [2.45, 2.75) is 40.3 Å².